The van der Waals surface area contributed by atoms with Gasteiger partial charge in [0.15, 0.2) is 0 Å². The molecule has 3 nitrogen and oxygen atoms in total. The van der Waals surface area contributed by atoms with E-state index in [-0.39, 0.29) is 18.2 Å². The van der Waals surface area contributed by atoms with Gasteiger partial charge in [-0.3, -0.25) is 0 Å². The molecule has 1 aliphatic heterocycles. The Morgan fingerprint density at radius 1 is 1.38 bits per heavy atom. The van der Waals surface area contributed by atoms with Crippen LogP contribution in [0.3, 0.4) is 0 Å². The summed E-state index contributed by atoms with van der Waals surface area (Å²) in [5, 5.41) is 2.78. The van der Waals surface area contributed by atoms with Crippen LogP contribution < -0.4 is 10.2 Å². The monoisotopic (exact) mass is 302 g/mol. The molecule has 118 valence electrons. The van der Waals surface area contributed by atoms with Crippen molar-refractivity contribution in [2.75, 3.05) is 31.6 Å². The van der Waals surface area contributed by atoms with Crippen molar-refractivity contribution in [2.45, 2.75) is 32.2 Å². The molecular weight excluding hydrogens is 281 g/mol. The number of ether oxygens (including phenoxy) is 1. The molecule has 1 unspecified atom stereocenters. The van der Waals surface area contributed by atoms with E-state index in [2.05, 4.69) is 5.32 Å². The molecule has 0 spiro atoms. The highest BCUT2D eigenvalue weighted by molar-refractivity contribution is 5.52. The molecular formula is C15H21F3N2O. The van der Waals surface area contributed by atoms with Crippen molar-refractivity contribution in [1.29, 1.82) is 0 Å². The minimum Gasteiger partial charge on any atom is -0.377 e. The first-order chi connectivity index (χ1) is 9.91. The van der Waals surface area contributed by atoms with Gasteiger partial charge >= 0.3 is 6.18 Å². The van der Waals surface area contributed by atoms with Gasteiger partial charge in [-0.2, -0.15) is 13.2 Å². The third-order valence-corrected chi connectivity index (χ3v) is 3.58. The molecule has 2 rings (SSSR count). The Labute approximate surface area is 123 Å². The topological polar surface area (TPSA) is 24.5 Å². The third kappa shape index (κ3) is 4.11. The molecule has 0 aromatic heterocycles. The van der Waals surface area contributed by atoms with Crippen LogP contribution >= 0.6 is 0 Å². The number of hydrogen-bond acceptors (Lipinski definition) is 3. The first kappa shape index (κ1) is 16.1. The Morgan fingerprint density at radius 2 is 2.14 bits per heavy atom. The highest BCUT2D eigenvalue weighted by atomic mass is 19.4. The second-order valence-corrected chi connectivity index (χ2v) is 5.35. The van der Waals surface area contributed by atoms with Crippen LogP contribution in [0.2, 0.25) is 0 Å². The number of halogens is 3. The lowest BCUT2D eigenvalue weighted by atomic mass is 10.0. The number of benzene rings is 1. The van der Waals surface area contributed by atoms with E-state index < -0.39 is 11.7 Å². The van der Waals surface area contributed by atoms with Crippen molar-refractivity contribution in [3.05, 3.63) is 29.3 Å². The molecule has 1 saturated heterocycles. The second kappa shape index (κ2) is 6.66. The lowest BCUT2D eigenvalue weighted by Crippen LogP contribution is -2.30. The van der Waals surface area contributed by atoms with Crippen LogP contribution in [-0.4, -0.2) is 32.8 Å². The molecule has 1 heterocycles. The second-order valence-electron chi connectivity index (χ2n) is 5.35. The summed E-state index contributed by atoms with van der Waals surface area (Å²) in [4.78, 5) is 1.97. The van der Waals surface area contributed by atoms with Gasteiger partial charge in [-0.15, -0.1) is 0 Å². The first-order valence-electron chi connectivity index (χ1n) is 7.13. The van der Waals surface area contributed by atoms with Gasteiger partial charge in [0.25, 0.3) is 0 Å². The standard InChI is InChI=1S/C15H21F3N2O/c1-11-10-20(6-3-7-21-11)13-5-4-12(9-19-2)14(8-13)15(16,17)18/h4-5,8,11,19H,3,6-7,9-10H2,1-2H3. The van der Waals surface area contributed by atoms with E-state index in [4.69, 9.17) is 4.74 Å². The molecule has 1 aromatic carbocycles. The van der Waals surface area contributed by atoms with Crippen molar-refractivity contribution in [3.8, 4) is 0 Å². The molecule has 6 heteroatoms. The van der Waals surface area contributed by atoms with Gasteiger partial charge in [0.05, 0.1) is 11.7 Å². The van der Waals surface area contributed by atoms with E-state index in [0.717, 1.165) is 6.42 Å². The lowest BCUT2D eigenvalue weighted by molar-refractivity contribution is -0.138. The molecule has 0 amide bonds. The fourth-order valence-electron chi connectivity index (χ4n) is 2.60. The summed E-state index contributed by atoms with van der Waals surface area (Å²) in [5.74, 6) is 0. The summed E-state index contributed by atoms with van der Waals surface area (Å²) in [5.41, 5.74) is 0.319. The molecule has 1 aromatic rings. The molecule has 0 aliphatic carbocycles. The van der Waals surface area contributed by atoms with Crippen LogP contribution in [0.1, 0.15) is 24.5 Å². The van der Waals surface area contributed by atoms with E-state index in [1.807, 2.05) is 11.8 Å². The summed E-state index contributed by atoms with van der Waals surface area (Å²) >= 11 is 0. The van der Waals surface area contributed by atoms with Crippen molar-refractivity contribution >= 4 is 5.69 Å². The minimum atomic E-state index is -4.34. The van der Waals surface area contributed by atoms with Crippen LogP contribution in [0, 0.1) is 0 Å². The van der Waals surface area contributed by atoms with E-state index in [1.54, 1.807) is 19.2 Å². The highest BCUT2D eigenvalue weighted by Crippen LogP contribution is 2.35. The predicted molar refractivity (Wildman–Crippen MR) is 76.5 cm³/mol. The lowest BCUT2D eigenvalue weighted by Gasteiger charge is -2.26. The van der Waals surface area contributed by atoms with E-state index in [9.17, 15) is 13.2 Å². The molecule has 21 heavy (non-hydrogen) atoms. The Hall–Kier alpha value is -1.27. The largest absolute Gasteiger partial charge is 0.416 e. The van der Waals surface area contributed by atoms with Gasteiger partial charge < -0.3 is 15.0 Å². The van der Waals surface area contributed by atoms with E-state index >= 15 is 0 Å². The average Bonchev–Trinajstić information content (AvgIpc) is 2.63. The molecule has 0 radical (unpaired) electrons. The molecule has 1 atom stereocenters. The predicted octanol–water partition coefficient (Wildman–Crippen LogP) is 3.04. The van der Waals surface area contributed by atoms with Crippen LogP contribution in [0.5, 0.6) is 0 Å². The minimum absolute atomic E-state index is 0.0267. The van der Waals surface area contributed by atoms with Crippen molar-refractivity contribution in [1.82, 2.24) is 5.32 Å². The van der Waals surface area contributed by atoms with Gasteiger partial charge in [0, 0.05) is 31.9 Å². The van der Waals surface area contributed by atoms with Crippen LogP contribution in [-0.2, 0) is 17.5 Å². The van der Waals surface area contributed by atoms with Gasteiger partial charge in [0.1, 0.15) is 0 Å². The number of hydrogen-bond donors (Lipinski definition) is 1. The Morgan fingerprint density at radius 3 is 2.81 bits per heavy atom. The van der Waals surface area contributed by atoms with E-state index in [1.165, 1.54) is 6.07 Å². The molecule has 1 aliphatic rings. The Balaban J connectivity index is 2.32. The normalized spacial score (nSPS) is 20.4. The molecule has 1 N–H and O–H groups in total. The SMILES string of the molecule is CNCc1ccc(N2CCCOC(C)C2)cc1C(F)(F)F. The summed E-state index contributed by atoms with van der Waals surface area (Å²) in [6, 6.07) is 4.58. The maximum Gasteiger partial charge on any atom is 0.416 e. The smallest absolute Gasteiger partial charge is 0.377 e. The number of nitrogens with zero attached hydrogens (tertiary/aromatic N) is 1. The fourth-order valence-corrected chi connectivity index (χ4v) is 2.60. The number of anilines is 1. The van der Waals surface area contributed by atoms with Crippen molar-refractivity contribution in [2.24, 2.45) is 0 Å². The zero-order valence-electron chi connectivity index (χ0n) is 12.3. The highest BCUT2D eigenvalue weighted by Gasteiger charge is 2.34. The van der Waals surface area contributed by atoms with Gasteiger partial charge in [0.2, 0.25) is 0 Å². The van der Waals surface area contributed by atoms with Crippen LogP contribution in [0.15, 0.2) is 18.2 Å². The number of nitrogens with one attached hydrogen (secondary N) is 1. The van der Waals surface area contributed by atoms with Crippen LogP contribution in [0.4, 0.5) is 18.9 Å². The van der Waals surface area contributed by atoms with E-state index in [0.29, 0.717) is 25.4 Å². The summed E-state index contributed by atoms with van der Waals surface area (Å²) in [6.45, 7) is 4.13. The average molecular weight is 302 g/mol. The maximum absolute atomic E-state index is 13.2. The Kier molecular flexibility index (Phi) is 5.11. The fraction of sp³-hybridized carbons (Fsp3) is 0.600. The molecule has 0 saturated carbocycles. The van der Waals surface area contributed by atoms with Crippen molar-refractivity contribution in [3.63, 3.8) is 0 Å². The summed E-state index contributed by atoms with van der Waals surface area (Å²) < 4.78 is 45.2. The quantitative estimate of drug-likeness (QED) is 0.929. The van der Waals surface area contributed by atoms with Crippen molar-refractivity contribution < 1.29 is 17.9 Å². The number of alkyl halides is 3. The summed E-state index contributed by atoms with van der Waals surface area (Å²) in [6.07, 6.45) is -3.49. The Bertz CT molecular complexity index is 476. The number of rotatable bonds is 3. The van der Waals surface area contributed by atoms with Gasteiger partial charge in [-0.25, -0.2) is 0 Å². The van der Waals surface area contributed by atoms with Gasteiger partial charge in [-0.05, 0) is 38.1 Å². The van der Waals surface area contributed by atoms with Crippen LogP contribution in [0.25, 0.3) is 0 Å². The van der Waals surface area contributed by atoms with Gasteiger partial charge in [-0.1, -0.05) is 6.07 Å². The molecule has 0 bridgehead atoms. The zero-order valence-corrected chi connectivity index (χ0v) is 12.3. The zero-order chi connectivity index (χ0) is 15.5. The third-order valence-electron chi connectivity index (χ3n) is 3.58. The first-order valence-corrected chi connectivity index (χ1v) is 7.13. The summed E-state index contributed by atoms with van der Waals surface area (Å²) in [7, 11) is 1.64. The molecule has 1 fully saturated rings. The maximum atomic E-state index is 13.2.